The van der Waals surface area contributed by atoms with Gasteiger partial charge in [0.05, 0.1) is 28.3 Å². The topological polar surface area (TPSA) is 115 Å². The molecule has 0 radical (unpaired) electrons. The molecule has 0 saturated carbocycles. The number of amides is 2. The Labute approximate surface area is 188 Å². The molecule has 10 nitrogen and oxygen atoms in total. The van der Waals surface area contributed by atoms with Gasteiger partial charge >= 0.3 is 5.97 Å². The third-order valence-corrected chi connectivity index (χ3v) is 4.55. The molecule has 0 aliphatic carbocycles. The Kier molecular flexibility index (Phi) is 9.33. The Morgan fingerprint density at radius 2 is 1.81 bits per heavy atom. The molecule has 0 fully saturated rings. The molecule has 0 bridgehead atoms. The Bertz CT molecular complexity index is 891. The van der Waals surface area contributed by atoms with Gasteiger partial charge in [0.2, 0.25) is 5.91 Å². The highest BCUT2D eigenvalue weighted by atomic mass is 16.5. The highest BCUT2D eigenvalue weighted by molar-refractivity contribution is 5.84. The SMILES string of the molecule is COC(=O)[C@H](CCCCNC(=O)Cn1cnc(-c2ccccc2)n1)NC(=O)C[N+](C)(C)C. The molecule has 1 heterocycles. The molecule has 2 amide bonds. The smallest absolute Gasteiger partial charge is 0.328 e. The number of quaternary nitrogens is 1. The van der Waals surface area contributed by atoms with Gasteiger partial charge in [-0.25, -0.2) is 14.5 Å². The lowest BCUT2D eigenvalue weighted by atomic mass is 10.1. The number of likely N-dealkylation sites (N-methyl/N-ethyl adjacent to an activating group) is 1. The third-order valence-electron chi connectivity index (χ3n) is 4.55. The van der Waals surface area contributed by atoms with Crippen LogP contribution < -0.4 is 10.6 Å². The van der Waals surface area contributed by atoms with Gasteiger partial charge in [0, 0.05) is 12.1 Å². The number of nitrogens with one attached hydrogen (secondary N) is 2. The number of aromatic nitrogens is 3. The Hall–Kier alpha value is -3.27. The van der Waals surface area contributed by atoms with Crippen molar-refractivity contribution in [3.63, 3.8) is 0 Å². The van der Waals surface area contributed by atoms with Crippen molar-refractivity contribution in [3.05, 3.63) is 36.7 Å². The minimum atomic E-state index is -0.693. The molecule has 1 atom stereocenters. The number of methoxy groups -OCH3 is 1. The van der Waals surface area contributed by atoms with Crippen LogP contribution >= 0.6 is 0 Å². The molecule has 2 N–H and O–H groups in total. The van der Waals surface area contributed by atoms with Crippen LogP contribution in [-0.4, -0.2) is 84.4 Å². The maximum atomic E-state index is 12.2. The van der Waals surface area contributed by atoms with Crippen LogP contribution in [0.15, 0.2) is 36.7 Å². The first-order valence-corrected chi connectivity index (χ1v) is 10.6. The van der Waals surface area contributed by atoms with Crippen molar-refractivity contribution in [1.29, 1.82) is 0 Å². The van der Waals surface area contributed by atoms with E-state index in [9.17, 15) is 14.4 Å². The summed E-state index contributed by atoms with van der Waals surface area (Å²) >= 11 is 0. The summed E-state index contributed by atoms with van der Waals surface area (Å²) in [5, 5.41) is 9.89. The van der Waals surface area contributed by atoms with E-state index in [4.69, 9.17) is 4.74 Å². The first-order valence-electron chi connectivity index (χ1n) is 10.6. The van der Waals surface area contributed by atoms with E-state index >= 15 is 0 Å². The molecule has 2 rings (SSSR count). The van der Waals surface area contributed by atoms with E-state index in [2.05, 4.69) is 20.7 Å². The monoisotopic (exact) mass is 445 g/mol. The lowest BCUT2D eigenvalue weighted by molar-refractivity contribution is -0.862. The third kappa shape index (κ3) is 8.84. The molecular weight excluding hydrogens is 412 g/mol. The van der Waals surface area contributed by atoms with Gasteiger partial charge in [0.25, 0.3) is 5.91 Å². The summed E-state index contributed by atoms with van der Waals surface area (Å²) in [6.45, 7) is 0.795. The summed E-state index contributed by atoms with van der Waals surface area (Å²) in [6.07, 6.45) is 3.28. The summed E-state index contributed by atoms with van der Waals surface area (Å²) in [7, 11) is 7.00. The number of esters is 1. The standard InChI is InChI=1S/C22H32N6O4/c1-28(2,3)15-20(30)25-18(22(31)32-4)12-8-9-13-23-19(29)14-27-16-24-21(26-27)17-10-6-5-7-11-17/h5-7,10-11,16,18H,8-9,12-15H2,1-4H3,(H-,23,25,29,30)/p+1/t18-/m0/s1. The molecule has 32 heavy (non-hydrogen) atoms. The summed E-state index contributed by atoms with van der Waals surface area (Å²) in [4.78, 5) is 40.5. The van der Waals surface area contributed by atoms with E-state index in [1.54, 1.807) is 0 Å². The summed E-state index contributed by atoms with van der Waals surface area (Å²) in [5.74, 6) is -0.275. The zero-order chi connectivity index (χ0) is 23.6. The quantitative estimate of drug-likeness (QED) is 0.281. The maximum Gasteiger partial charge on any atom is 0.328 e. The van der Waals surface area contributed by atoms with Gasteiger partial charge in [0.15, 0.2) is 12.4 Å². The second-order valence-electron chi connectivity index (χ2n) is 8.57. The van der Waals surface area contributed by atoms with Crippen molar-refractivity contribution < 1.29 is 23.6 Å². The van der Waals surface area contributed by atoms with Gasteiger partial charge in [-0.05, 0) is 19.3 Å². The number of benzene rings is 1. The Balaban J connectivity index is 1.71. The fourth-order valence-electron chi connectivity index (χ4n) is 3.06. The van der Waals surface area contributed by atoms with Crippen molar-refractivity contribution in [2.45, 2.75) is 31.8 Å². The first-order chi connectivity index (χ1) is 15.2. The fraction of sp³-hybridized carbons (Fsp3) is 0.500. The zero-order valence-electron chi connectivity index (χ0n) is 19.2. The summed E-state index contributed by atoms with van der Waals surface area (Å²) in [6, 6.07) is 8.85. The number of hydrogen-bond acceptors (Lipinski definition) is 6. The number of nitrogens with zero attached hydrogens (tertiary/aromatic N) is 4. The van der Waals surface area contributed by atoms with Crippen LogP contribution in [0.1, 0.15) is 19.3 Å². The van der Waals surface area contributed by atoms with Crippen LogP contribution in [0, 0.1) is 0 Å². The van der Waals surface area contributed by atoms with E-state index in [0.717, 1.165) is 5.56 Å². The van der Waals surface area contributed by atoms with Crippen molar-refractivity contribution in [2.75, 3.05) is 41.3 Å². The summed E-state index contributed by atoms with van der Waals surface area (Å²) in [5.41, 5.74) is 0.889. The van der Waals surface area contributed by atoms with Crippen LogP contribution in [0.3, 0.4) is 0 Å². The van der Waals surface area contributed by atoms with Gasteiger partial charge in [-0.1, -0.05) is 30.3 Å². The molecular formula is C22H33N6O4+. The minimum absolute atomic E-state index is 0.0751. The van der Waals surface area contributed by atoms with E-state index in [1.807, 2.05) is 51.5 Å². The second-order valence-corrected chi connectivity index (χ2v) is 8.57. The highest BCUT2D eigenvalue weighted by Crippen LogP contribution is 2.12. The van der Waals surface area contributed by atoms with Crippen LogP contribution in [0.5, 0.6) is 0 Å². The van der Waals surface area contributed by atoms with Crippen LogP contribution in [-0.2, 0) is 25.7 Å². The first kappa shape index (κ1) is 25.0. The molecule has 0 spiro atoms. The van der Waals surface area contributed by atoms with Gasteiger partial charge in [-0.3, -0.25) is 9.59 Å². The largest absolute Gasteiger partial charge is 0.467 e. The van der Waals surface area contributed by atoms with Crippen molar-refractivity contribution in [1.82, 2.24) is 25.4 Å². The molecule has 0 aliphatic rings. The predicted molar refractivity (Wildman–Crippen MR) is 119 cm³/mol. The molecule has 1 aromatic carbocycles. The van der Waals surface area contributed by atoms with Crippen molar-refractivity contribution in [2.24, 2.45) is 0 Å². The minimum Gasteiger partial charge on any atom is -0.467 e. The average Bonchev–Trinajstić information content (AvgIpc) is 3.19. The van der Waals surface area contributed by atoms with E-state index < -0.39 is 12.0 Å². The normalized spacial score (nSPS) is 12.1. The van der Waals surface area contributed by atoms with Gasteiger partial charge < -0.3 is 19.9 Å². The molecule has 0 saturated heterocycles. The lowest BCUT2D eigenvalue weighted by Gasteiger charge is -2.24. The lowest BCUT2D eigenvalue weighted by Crippen LogP contribution is -2.49. The fourth-order valence-corrected chi connectivity index (χ4v) is 3.06. The molecule has 2 aromatic rings. The van der Waals surface area contributed by atoms with Crippen molar-refractivity contribution in [3.8, 4) is 11.4 Å². The highest BCUT2D eigenvalue weighted by Gasteiger charge is 2.23. The number of unbranched alkanes of at least 4 members (excludes halogenated alkanes) is 1. The molecule has 1 aromatic heterocycles. The van der Waals surface area contributed by atoms with Crippen LogP contribution in [0.4, 0.5) is 0 Å². The van der Waals surface area contributed by atoms with Crippen molar-refractivity contribution >= 4 is 17.8 Å². The number of carbonyl (C=O) groups excluding carboxylic acids is 3. The number of hydrogen-bond donors (Lipinski definition) is 2. The number of rotatable bonds is 12. The summed E-state index contributed by atoms with van der Waals surface area (Å²) < 4.78 is 6.75. The number of ether oxygens (including phenoxy) is 1. The van der Waals surface area contributed by atoms with E-state index in [-0.39, 0.29) is 24.9 Å². The molecule has 0 aliphatic heterocycles. The predicted octanol–water partition coefficient (Wildman–Crippen LogP) is 0.596. The number of carbonyl (C=O) groups is 3. The van der Waals surface area contributed by atoms with Crippen LogP contribution in [0.2, 0.25) is 0 Å². The molecule has 0 unspecified atom stereocenters. The molecule has 10 heteroatoms. The Morgan fingerprint density at radius 3 is 2.47 bits per heavy atom. The zero-order valence-corrected chi connectivity index (χ0v) is 19.2. The molecule has 174 valence electrons. The average molecular weight is 446 g/mol. The van der Waals surface area contributed by atoms with E-state index in [0.29, 0.717) is 36.1 Å². The van der Waals surface area contributed by atoms with E-state index in [1.165, 1.54) is 18.1 Å². The van der Waals surface area contributed by atoms with Crippen LogP contribution in [0.25, 0.3) is 11.4 Å². The maximum absolute atomic E-state index is 12.2. The van der Waals surface area contributed by atoms with Gasteiger partial charge in [0.1, 0.15) is 18.9 Å². The van der Waals surface area contributed by atoms with Gasteiger partial charge in [-0.15, -0.1) is 0 Å². The second kappa shape index (κ2) is 11.9. The Morgan fingerprint density at radius 1 is 1.09 bits per heavy atom. The van der Waals surface area contributed by atoms with Gasteiger partial charge in [-0.2, -0.15) is 5.10 Å².